The summed E-state index contributed by atoms with van der Waals surface area (Å²) in [6.45, 7) is 5.83. The second-order valence-electron chi connectivity index (χ2n) is 11.8. The van der Waals surface area contributed by atoms with Gasteiger partial charge in [-0.2, -0.15) is 0 Å². The van der Waals surface area contributed by atoms with Gasteiger partial charge in [-0.15, -0.1) is 0 Å². The average molecular weight is 692 g/mol. The zero-order valence-electron chi connectivity index (χ0n) is 27.9. The first-order valence-electron chi connectivity index (χ1n) is 15.6. The van der Waals surface area contributed by atoms with Crippen molar-refractivity contribution in [3.63, 3.8) is 0 Å². The molecule has 0 saturated heterocycles. The molecule has 11 heteroatoms. The maximum Gasteiger partial charge on any atom is 0.264 e. The molecule has 0 aliphatic rings. The van der Waals surface area contributed by atoms with E-state index in [1.807, 2.05) is 75.4 Å². The first-order chi connectivity index (χ1) is 22.9. The third-order valence-electron chi connectivity index (χ3n) is 7.89. The van der Waals surface area contributed by atoms with E-state index in [0.717, 1.165) is 21.0 Å². The largest absolute Gasteiger partial charge is 0.493 e. The molecule has 48 heavy (non-hydrogen) atoms. The van der Waals surface area contributed by atoms with Crippen LogP contribution >= 0.6 is 11.6 Å². The van der Waals surface area contributed by atoms with Gasteiger partial charge in [0.25, 0.3) is 10.0 Å². The second-order valence-corrected chi connectivity index (χ2v) is 14.1. The highest BCUT2D eigenvalue weighted by Gasteiger charge is 2.35. The number of methoxy groups -OCH3 is 2. The van der Waals surface area contributed by atoms with Gasteiger partial charge in [-0.3, -0.25) is 13.9 Å². The highest BCUT2D eigenvalue weighted by Crippen LogP contribution is 2.33. The molecule has 0 aromatic heterocycles. The quantitative estimate of drug-likeness (QED) is 0.158. The molecule has 4 rings (SSSR count). The first-order valence-corrected chi connectivity index (χ1v) is 17.4. The lowest BCUT2D eigenvalue weighted by Crippen LogP contribution is -2.53. The fourth-order valence-electron chi connectivity index (χ4n) is 5.19. The summed E-state index contributed by atoms with van der Waals surface area (Å²) in [4.78, 5) is 30.0. The van der Waals surface area contributed by atoms with Gasteiger partial charge in [0, 0.05) is 30.6 Å². The molecule has 0 aliphatic carbocycles. The molecule has 1 N–H and O–H groups in total. The lowest BCUT2D eigenvalue weighted by atomic mass is 10.0. The Morgan fingerprint density at radius 3 is 2.12 bits per heavy atom. The Morgan fingerprint density at radius 2 is 1.50 bits per heavy atom. The lowest BCUT2D eigenvalue weighted by Gasteiger charge is -2.34. The SMILES string of the molecule is COc1ccc(S(=O)(=O)N(CC(=O)N(Cc2ccccc2C)[C@H](Cc2ccccc2)C(=O)NCC(C)C)c2ccc(Cl)cc2)cc1OC. The maximum atomic E-state index is 14.7. The van der Waals surface area contributed by atoms with Crippen LogP contribution in [0.1, 0.15) is 30.5 Å². The summed E-state index contributed by atoms with van der Waals surface area (Å²) in [7, 11) is -1.49. The van der Waals surface area contributed by atoms with E-state index in [1.165, 1.54) is 49.5 Å². The number of sulfonamides is 1. The van der Waals surface area contributed by atoms with Crippen LogP contribution in [-0.4, -0.2) is 58.5 Å². The second kappa shape index (κ2) is 16.5. The summed E-state index contributed by atoms with van der Waals surface area (Å²) in [5.74, 6) is -0.134. The van der Waals surface area contributed by atoms with Crippen molar-refractivity contribution in [3.8, 4) is 11.5 Å². The molecule has 4 aromatic rings. The van der Waals surface area contributed by atoms with E-state index in [4.69, 9.17) is 21.1 Å². The van der Waals surface area contributed by atoms with E-state index >= 15 is 0 Å². The lowest BCUT2D eigenvalue weighted by molar-refractivity contribution is -0.140. The van der Waals surface area contributed by atoms with E-state index in [-0.39, 0.29) is 41.1 Å². The van der Waals surface area contributed by atoms with Gasteiger partial charge in [0.2, 0.25) is 11.8 Å². The summed E-state index contributed by atoms with van der Waals surface area (Å²) in [6, 6.07) is 26.6. The molecule has 0 heterocycles. The molecule has 0 aliphatic heterocycles. The van der Waals surface area contributed by atoms with Crippen molar-refractivity contribution in [2.24, 2.45) is 5.92 Å². The van der Waals surface area contributed by atoms with Crippen molar-refractivity contribution in [1.29, 1.82) is 0 Å². The van der Waals surface area contributed by atoms with Crippen molar-refractivity contribution >= 4 is 39.1 Å². The van der Waals surface area contributed by atoms with Crippen LogP contribution in [0.25, 0.3) is 0 Å². The highest BCUT2D eigenvalue weighted by atomic mass is 35.5. The zero-order valence-corrected chi connectivity index (χ0v) is 29.4. The van der Waals surface area contributed by atoms with Crippen LogP contribution in [0.15, 0.2) is 102 Å². The van der Waals surface area contributed by atoms with E-state index in [2.05, 4.69) is 5.32 Å². The monoisotopic (exact) mass is 691 g/mol. The molecule has 0 saturated carbocycles. The number of ether oxygens (including phenoxy) is 2. The average Bonchev–Trinajstić information content (AvgIpc) is 3.08. The number of hydrogen-bond donors (Lipinski definition) is 1. The van der Waals surface area contributed by atoms with Crippen molar-refractivity contribution in [3.05, 3.63) is 119 Å². The van der Waals surface area contributed by atoms with Gasteiger partial charge in [-0.1, -0.05) is 80.0 Å². The number of nitrogens with zero attached hydrogens (tertiary/aromatic N) is 2. The number of benzene rings is 4. The van der Waals surface area contributed by atoms with E-state index in [9.17, 15) is 18.0 Å². The topological polar surface area (TPSA) is 105 Å². The highest BCUT2D eigenvalue weighted by molar-refractivity contribution is 7.92. The van der Waals surface area contributed by atoms with Crippen LogP contribution in [0, 0.1) is 12.8 Å². The van der Waals surface area contributed by atoms with Crippen LogP contribution in [0.2, 0.25) is 5.02 Å². The zero-order chi connectivity index (χ0) is 34.8. The third kappa shape index (κ3) is 9.08. The summed E-state index contributed by atoms with van der Waals surface area (Å²) in [6.07, 6.45) is 0.228. The molecule has 0 fully saturated rings. The Kier molecular flexibility index (Phi) is 12.5. The molecular formula is C37H42ClN3O6S. The van der Waals surface area contributed by atoms with Crippen LogP contribution in [0.5, 0.6) is 11.5 Å². The molecule has 4 aromatic carbocycles. The van der Waals surface area contributed by atoms with Gasteiger partial charge >= 0.3 is 0 Å². The number of rotatable bonds is 15. The minimum Gasteiger partial charge on any atom is -0.493 e. The fourth-order valence-corrected chi connectivity index (χ4v) is 6.74. The summed E-state index contributed by atoms with van der Waals surface area (Å²) in [5, 5.41) is 3.41. The maximum absolute atomic E-state index is 14.7. The van der Waals surface area contributed by atoms with E-state index in [0.29, 0.717) is 17.3 Å². The van der Waals surface area contributed by atoms with Gasteiger partial charge in [0.15, 0.2) is 11.5 Å². The van der Waals surface area contributed by atoms with E-state index in [1.54, 1.807) is 12.1 Å². The van der Waals surface area contributed by atoms with Gasteiger partial charge in [0.05, 0.1) is 24.8 Å². The Balaban J connectivity index is 1.83. The Hall–Kier alpha value is -4.54. The minimum atomic E-state index is -4.35. The molecule has 1 atom stereocenters. The number of carbonyl (C=O) groups is 2. The molecule has 0 spiro atoms. The fraction of sp³-hybridized carbons (Fsp3) is 0.297. The van der Waals surface area contributed by atoms with Gasteiger partial charge in [-0.25, -0.2) is 8.42 Å². The Bertz CT molecular complexity index is 1800. The number of nitrogens with one attached hydrogen (secondary N) is 1. The normalized spacial score (nSPS) is 11.9. The van der Waals surface area contributed by atoms with Gasteiger partial charge in [0.1, 0.15) is 12.6 Å². The molecule has 0 unspecified atom stereocenters. The number of carbonyl (C=O) groups excluding carboxylic acids is 2. The van der Waals surface area contributed by atoms with Crippen LogP contribution in [0.3, 0.4) is 0 Å². The molecule has 0 radical (unpaired) electrons. The molecule has 254 valence electrons. The smallest absolute Gasteiger partial charge is 0.264 e. The molecular weight excluding hydrogens is 650 g/mol. The molecule has 9 nitrogen and oxygen atoms in total. The minimum absolute atomic E-state index is 0.0863. The summed E-state index contributed by atoms with van der Waals surface area (Å²) >= 11 is 6.17. The van der Waals surface area contributed by atoms with Gasteiger partial charge < -0.3 is 19.7 Å². The Labute approximate surface area is 288 Å². The van der Waals surface area contributed by atoms with Crippen molar-refractivity contribution in [1.82, 2.24) is 10.2 Å². The summed E-state index contributed by atoms with van der Waals surface area (Å²) < 4.78 is 40.5. The molecule has 2 amide bonds. The molecule has 0 bridgehead atoms. The summed E-state index contributed by atoms with van der Waals surface area (Å²) in [5.41, 5.74) is 2.85. The van der Waals surface area contributed by atoms with Gasteiger partial charge in [-0.05, 0) is 65.9 Å². The van der Waals surface area contributed by atoms with Crippen LogP contribution < -0.4 is 19.1 Å². The van der Waals surface area contributed by atoms with Crippen molar-refractivity contribution in [2.75, 3.05) is 31.6 Å². The van der Waals surface area contributed by atoms with E-state index < -0.39 is 28.5 Å². The standard InChI is InChI=1S/C37H42ClN3O6S/c1-26(2)23-39-37(43)33(21-28-12-7-6-8-13-28)40(24-29-14-10-9-11-27(29)3)36(42)25-41(31-17-15-30(38)16-18-31)48(44,45)32-19-20-34(46-4)35(22-32)47-5/h6-20,22,26,33H,21,23-25H2,1-5H3,(H,39,43)/t33-/m1/s1. The predicted molar refractivity (Wildman–Crippen MR) is 189 cm³/mol. The number of halogens is 1. The van der Waals surface area contributed by atoms with Crippen molar-refractivity contribution < 1.29 is 27.5 Å². The van der Waals surface area contributed by atoms with Crippen LogP contribution in [-0.2, 0) is 32.6 Å². The number of anilines is 1. The predicted octanol–water partition coefficient (Wildman–Crippen LogP) is 6.27. The van der Waals surface area contributed by atoms with Crippen LogP contribution in [0.4, 0.5) is 5.69 Å². The number of amides is 2. The van der Waals surface area contributed by atoms with Crippen molar-refractivity contribution in [2.45, 2.75) is 44.7 Å². The third-order valence-corrected chi connectivity index (χ3v) is 9.92. The number of aryl methyl sites for hydroxylation is 1. The number of hydrogen-bond acceptors (Lipinski definition) is 6. The Morgan fingerprint density at radius 1 is 0.854 bits per heavy atom. The first kappa shape index (κ1) is 36.3.